The number of carboxylic acid groups (broad SMARTS) is 1. The predicted molar refractivity (Wildman–Crippen MR) is 67.1 cm³/mol. The molecule has 0 aliphatic rings. The van der Waals surface area contributed by atoms with E-state index >= 15 is 0 Å². The number of carboxylic acids is 1. The van der Waals surface area contributed by atoms with E-state index in [1.54, 1.807) is 0 Å². The van der Waals surface area contributed by atoms with E-state index in [2.05, 4.69) is 5.32 Å². The summed E-state index contributed by atoms with van der Waals surface area (Å²) in [5, 5.41) is 20.6. The van der Waals surface area contributed by atoms with Crippen LogP contribution in [0.1, 0.15) is 12.0 Å². The third-order valence-electron chi connectivity index (χ3n) is 2.38. The van der Waals surface area contributed by atoms with Gasteiger partial charge in [0.2, 0.25) is 0 Å². The maximum Gasteiger partial charge on any atom is 0.391 e. The third-order valence-corrected chi connectivity index (χ3v) is 2.89. The molecule has 0 spiro atoms. The second-order valence-corrected chi connectivity index (χ2v) is 4.83. The molecule has 0 heterocycles. The van der Waals surface area contributed by atoms with Crippen LogP contribution in [-0.4, -0.2) is 28.4 Å². The zero-order chi connectivity index (χ0) is 15.5. The van der Waals surface area contributed by atoms with Crippen LogP contribution in [0.2, 0.25) is 10.0 Å². The lowest BCUT2D eigenvalue weighted by atomic mass is 10.1. The van der Waals surface area contributed by atoms with Crippen LogP contribution in [-0.2, 0) is 11.3 Å². The van der Waals surface area contributed by atoms with Crippen molar-refractivity contribution in [1.29, 1.82) is 0 Å². The van der Waals surface area contributed by atoms with E-state index in [-0.39, 0.29) is 27.9 Å². The topological polar surface area (TPSA) is 69.6 Å². The van der Waals surface area contributed by atoms with E-state index in [0.717, 1.165) is 0 Å². The standard InChI is InChI=1S/C11H10Cl2F3NO3/c12-6-1-5(9(18)7(13)2-6)4-17-8(10(19)20)3-11(14,15)16/h1-2,8,17-18H,3-4H2,(H,19,20). The fourth-order valence-corrected chi connectivity index (χ4v) is 2.00. The molecule has 4 nitrogen and oxygen atoms in total. The highest BCUT2D eigenvalue weighted by Crippen LogP contribution is 2.31. The number of aliphatic carboxylic acids is 1. The van der Waals surface area contributed by atoms with Gasteiger partial charge in [-0.3, -0.25) is 10.1 Å². The Labute approximate surface area is 122 Å². The van der Waals surface area contributed by atoms with Gasteiger partial charge >= 0.3 is 12.1 Å². The summed E-state index contributed by atoms with van der Waals surface area (Å²) in [6, 6.07) is 0.710. The van der Waals surface area contributed by atoms with E-state index in [1.165, 1.54) is 12.1 Å². The normalized spacial score (nSPS) is 13.2. The van der Waals surface area contributed by atoms with Crippen molar-refractivity contribution in [3.8, 4) is 5.75 Å². The number of aromatic hydroxyl groups is 1. The number of phenols is 1. The Morgan fingerprint density at radius 1 is 1.35 bits per heavy atom. The van der Waals surface area contributed by atoms with E-state index < -0.39 is 24.6 Å². The molecular weight excluding hydrogens is 322 g/mol. The van der Waals surface area contributed by atoms with Crippen LogP contribution in [0.15, 0.2) is 12.1 Å². The maximum atomic E-state index is 12.2. The average molecular weight is 332 g/mol. The zero-order valence-electron chi connectivity index (χ0n) is 9.84. The van der Waals surface area contributed by atoms with Gasteiger partial charge in [0, 0.05) is 17.1 Å². The second kappa shape index (κ2) is 6.51. The summed E-state index contributed by atoms with van der Waals surface area (Å²) in [4.78, 5) is 10.7. The van der Waals surface area contributed by atoms with E-state index in [1.807, 2.05) is 0 Å². The first-order valence-corrected chi connectivity index (χ1v) is 6.05. The van der Waals surface area contributed by atoms with Gasteiger partial charge in [0.05, 0.1) is 11.4 Å². The predicted octanol–water partition coefficient (Wildman–Crippen LogP) is 3.19. The van der Waals surface area contributed by atoms with Crippen LogP contribution in [0.5, 0.6) is 5.75 Å². The van der Waals surface area contributed by atoms with E-state index in [9.17, 15) is 23.1 Å². The summed E-state index contributed by atoms with van der Waals surface area (Å²) in [5.74, 6) is -2.00. The summed E-state index contributed by atoms with van der Waals surface area (Å²) in [5.41, 5.74) is 0.107. The molecule has 0 radical (unpaired) electrons. The van der Waals surface area contributed by atoms with Gasteiger partial charge in [-0.25, -0.2) is 0 Å². The molecule has 9 heteroatoms. The highest BCUT2D eigenvalue weighted by atomic mass is 35.5. The van der Waals surface area contributed by atoms with Crippen molar-refractivity contribution in [3.63, 3.8) is 0 Å². The minimum Gasteiger partial charge on any atom is -0.506 e. The molecule has 0 saturated heterocycles. The SMILES string of the molecule is O=C(O)C(CC(F)(F)F)NCc1cc(Cl)cc(Cl)c1O. The number of hydrogen-bond acceptors (Lipinski definition) is 3. The number of alkyl halides is 3. The summed E-state index contributed by atoms with van der Waals surface area (Å²) in [6.07, 6.45) is -6.15. The minimum absolute atomic E-state index is 0.0722. The van der Waals surface area contributed by atoms with Gasteiger partial charge in [0.15, 0.2) is 0 Å². The Hall–Kier alpha value is -1.18. The van der Waals surface area contributed by atoms with Gasteiger partial charge in [0.25, 0.3) is 0 Å². The highest BCUT2D eigenvalue weighted by Gasteiger charge is 2.35. The first-order valence-electron chi connectivity index (χ1n) is 5.30. The molecule has 1 aromatic rings. The van der Waals surface area contributed by atoms with Crippen molar-refractivity contribution in [1.82, 2.24) is 5.32 Å². The van der Waals surface area contributed by atoms with Crippen LogP contribution in [0.3, 0.4) is 0 Å². The Balaban J connectivity index is 2.81. The number of hydrogen-bond donors (Lipinski definition) is 3. The number of halogens is 5. The zero-order valence-corrected chi connectivity index (χ0v) is 11.4. The molecule has 1 aromatic carbocycles. The molecule has 0 bridgehead atoms. The summed E-state index contributed by atoms with van der Waals surface area (Å²) in [6.45, 7) is -0.320. The second-order valence-electron chi connectivity index (χ2n) is 3.99. The van der Waals surface area contributed by atoms with Crippen molar-refractivity contribution in [2.24, 2.45) is 0 Å². The summed E-state index contributed by atoms with van der Waals surface area (Å²) < 4.78 is 36.6. The van der Waals surface area contributed by atoms with Crippen molar-refractivity contribution in [3.05, 3.63) is 27.7 Å². The molecule has 0 aliphatic carbocycles. The first-order chi connectivity index (χ1) is 9.10. The van der Waals surface area contributed by atoms with Gasteiger partial charge < -0.3 is 10.2 Å². The van der Waals surface area contributed by atoms with E-state index in [0.29, 0.717) is 0 Å². The molecule has 0 amide bonds. The van der Waals surface area contributed by atoms with Crippen molar-refractivity contribution < 1.29 is 28.2 Å². The number of rotatable bonds is 5. The molecular formula is C11H10Cl2F3NO3. The van der Waals surface area contributed by atoms with Gasteiger partial charge in [0.1, 0.15) is 11.8 Å². The quantitative estimate of drug-likeness (QED) is 0.775. The molecule has 1 rings (SSSR count). The molecule has 0 saturated carbocycles. The largest absolute Gasteiger partial charge is 0.506 e. The van der Waals surface area contributed by atoms with Crippen LogP contribution >= 0.6 is 23.2 Å². The maximum absolute atomic E-state index is 12.2. The Morgan fingerprint density at radius 3 is 2.45 bits per heavy atom. The average Bonchev–Trinajstić information content (AvgIpc) is 2.28. The highest BCUT2D eigenvalue weighted by molar-refractivity contribution is 6.35. The molecule has 0 fully saturated rings. The lowest BCUT2D eigenvalue weighted by molar-refractivity contribution is -0.158. The van der Waals surface area contributed by atoms with Gasteiger partial charge in [-0.1, -0.05) is 23.2 Å². The molecule has 1 unspecified atom stereocenters. The Kier molecular flexibility index (Phi) is 5.50. The van der Waals surface area contributed by atoms with Crippen molar-refractivity contribution in [2.45, 2.75) is 25.2 Å². The van der Waals surface area contributed by atoms with Crippen LogP contribution in [0, 0.1) is 0 Å². The Morgan fingerprint density at radius 2 is 1.95 bits per heavy atom. The summed E-state index contributed by atoms with van der Waals surface area (Å²) in [7, 11) is 0. The first kappa shape index (κ1) is 16.9. The number of nitrogens with one attached hydrogen (secondary N) is 1. The minimum atomic E-state index is -4.62. The van der Waals surface area contributed by atoms with Crippen LogP contribution in [0.4, 0.5) is 13.2 Å². The molecule has 0 aliphatic heterocycles. The van der Waals surface area contributed by atoms with Crippen LogP contribution in [0.25, 0.3) is 0 Å². The molecule has 20 heavy (non-hydrogen) atoms. The summed E-state index contributed by atoms with van der Waals surface area (Å²) >= 11 is 11.3. The molecule has 0 aromatic heterocycles. The fraction of sp³-hybridized carbons (Fsp3) is 0.364. The Bertz CT molecular complexity index is 508. The molecule has 1 atom stereocenters. The lowest BCUT2D eigenvalue weighted by Crippen LogP contribution is -2.39. The van der Waals surface area contributed by atoms with Gasteiger partial charge in [-0.05, 0) is 12.1 Å². The number of carbonyl (C=O) groups is 1. The third kappa shape index (κ3) is 5.07. The lowest BCUT2D eigenvalue weighted by Gasteiger charge is -2.17. The number of benzene rings is 1. The number of phenolic OH excluding ortho intramolecular Hbond substituents is 1. The van der Waals surface area contributed by atoms with Crippen molar-refractivity contribution in [2.75, 3.05) is 0 Å². The van der Waals surface area contributed by atoms with Gasteiger partial charge in [-0.15, -0.1) is 0 Å². The molecule has 112 valence electrons. The smallest absolute Gasteiger partial charge is 0.391 e. The van der Waals surface area contributed by atoms with E-state index in [4.69, 9.17) is 28.3 Å². The van der Waals surface area contributed by atoms with Crippen LogP contribution < -0.4 is 5.32 Å². The fourth-order valence-electron chi connectivity index (χ4n) is 1.47. The van der Waals surface area contributed by atoms with Crippen molar-refractivity contribution >= 4 is 29.2 Å². The monoisotopic (exact) mass is 331 g/mol. The van der Waals surface area contributed by atoms with Gasteiger partial charge in [-0.2, -0.15) is 13.2 Å². The molecule has 3 N–H and O–H groups in total.